The molecule has 2 atom stereocenters. The number of rotatable bonds is 8. The summed E-state index contributed by atoms with van der Waals surface area (Å²) in [6.45, 7) is 1.16. The number of benzene rings is 3. The second-order valence-corrected chi connectivity index (χ2v) is 9.98. The molecule has 202 valence electrons. The summed E-state index contributed by atoms with van der Waals surface area (Å²) in [7, 11) is 0. The van der Waals surface area contributed by atoms with Gasteiger partial charge in [-0.1, -0.05) is 72.8 Å². The van der Waals surface area contributed by atoms with E-state index in [9.17, 15) is 19.5 Å². The van der Waals surface area contributed by atoms with Crippen LogP contribution in [0.5, 0.6) is 5.75 Å². The third-order valence-electron chi connectivity index (χ3n) is 7.42. The van der Waals surface area contributed by atoms with E-state index < -0.39 is 18.3 Å². The lowest BCUT2D eigenvalue weighted by atomic mass is 9.97. The Hall–Kier alpha value is -4.33. The van der Waals surface area contributed by atoms with Crippen molar-refractivity contribution >= 4 is 17.9 Å². The number of ether oxygens (including phenoxy) is 1. The lowest BCUT2D eigenvalue weighted by molar-refractivity contribution is -0.167. The van der Waals surface area contributed by atoms with Crippen LogP contribution in [0.15, 0.2) is 84.9 Å². The van der Waals surface area contributed by atoms with Crippen LogP contribution in [0.4, 0.5) is 4.79 Å². The molecule has 0 aromatic heterocycles. The minimum atomic E-state index is -0.693. The number of amides is 3. The largest absolute Gasteiger partial charge is 0.508 e. The van der Waals surface area contributed by atoms with Gasteiger partial charge in [0.15, 0.2) is 0 Å². The van der Waals surface area contributed by atoms with E-state index in [1.54, 1.807) is 39.0 Å². The summed E-state index contributed by atoms with van der Waals surface area (Å²) in [6, 6.07) is 25.7. The zero-order valence-corrected chi connectivity index (χ0v) is 21.8. The monoisotopic (exact) mass is 527 g/mol. The number of aromatic hydroxyl groups is 1. The number of fused-ring (bicyclic) bond motifs is 1. The third-order valence-corrected chi connectivity index (χ3v) is 7.42. The molecule has 3 aromatic carbocycles. The fourth-order valence-electron chi connectivity index (χ4n) is 5.34. The van der Waals surface area contributed by atoms with E-state index in [-0.39, 0.29) is 43.7 Å². The van der Waals surface area contributed by atoms with Crippen LogP contribution in [0.3, 0.4) is 0 Å². The van der Waals surface area contributed by atoms with Gasteiger partial charge < -0.3 is 19.6 Å². The zero-order chi connectivity index (χ0) is 27.2. The van der Waals surface area contributed by atoms with Crippen LogP contribution in [0.1, 0.15) is 23.1 Å². The molecule has 3 amide bonds. The number of hydrogen-bond donors (Lipinski definition) is 1. The zero-order valence-electron chi connectivity index (χ0n) is 21.8. The molecule has 39 heavy (non-hydrogen) atoms. The summed E-state index contributed by atoms with van der Waals surface area (Å²) in [5.41, 5.74) is 3.02. The maximum absolute atomic E-state index is 13.8. The molecule has 0 unspecified atom stereocenters. The SMILES string of the molecule is O=C1[C@H](Cc2ccccc2)N2C(=O)CCN(C(=O)OCCc3ccc(O)cc3)[C@H]2CN1CCc1ccccc1. The summed E-state index contributed by atoms with van der Waals surface area (Å²) in [6.07, 6.45) is 0.634. The van der Waals surface area contributed by atoms with E-state index in [0.717, 1.165) is 16.7 Å². The molecule has 0 aliphatic carbocycles. The number of phenolic OH excluding ortho intramolecular Hbond substituents is 1. The molecule has 8 heteroatoms. The summed E-state index contributed by atoms with van der Waals surface area (Å²) >= 11 is 0. The minimum absolute atomic E-state index is 0.0954. The van der Waals surface area contributed by atoms with Gasteiger partial charge in [-0.05, 0) is 35.2 Å². The highest BCUT2D eigenvalue weighted by Crippen LogP contribution is 2.28. The Balaban J connectivity index is 1.33. The Bertz CT molecular complexity index is 1280. The van der Waals surface area contributed by atoms with Crippen LogP contribution in [0, 0.1) is 0 Å². The Morgan fingerprint density at radius 1 is 0.846 bits per heavy atom. The van der Waals surface area contributed by atoms with Crippen LogP contribution in [0.25, 0.3) is 0 Å². The second kappa shape index (κ2) is 12.0. The van der Waals surface area contributed by atoms with Crippen LogP contribution < -0.4 is 0 Å². The lowest BCUT2D eigenvalue weighted by Crippen LogP contribution is -2.71. The van der Waals surface area contributed by atoms with Gasteiger partial charge in [-0.2, -0.15) is 0 Å². The summed E-state index contributed by atoms with van der Waals surface area (Å²) < 4.78 is 5.63. The molecular weight excluding hydrogens is 494 g/mol. The second-order valence-electron chi connectivity index (χ2n) is 9.98. The van der Waals surface area contributed by atoms with Gasteiger partial charge in [-0.25, -0.2) is 4.79 Å². The van der Waals surface area contributed by atoms with Crippen LogP contribution in [0.2, 0.25) is 0 Å². The number of nitrogens with zero attached hydrogens (tertiary/aromatic N) is 3. The van der Waals surface area contributed by atoms with Crippen molar-refractivity contribution in [1.29, 1.82) is 0 Å². The average molecular weight is 528 g/mol. The van der Waals surface area contributed by atoms with Gasteiger partial charge in [0.2, 0.25) is 11.8 Å². The number of phenols is 1. The van der Waals surface area contributed by atoms with Gasteiger partial charge in [-0.15, -0.1) is 0 Å². The third kappa shape index (κ3) is 6.22. The van der Waals surface area contributed by atoms with Crippen LogP contribution >= 0.6 is 0 Å². The number of piperazine rings is 1. The van der Waals surface area contributed by atoms with E-state index in [4.69, 9.17) is 4.74 Å². The normalized spacial score (nSPS) is 19.1. The first-order valence-corrected chi connectivity index (χ1v) is 13.4. The highest BCUT2D eigenvalue weighted by atomic mass is 16.6. The molecule has 0 bridgehead atoms. The van der Waals surface area contributed by atoms with Crippen molar-refractivity contribution in [3.05, 3.63) is 102 Å². The molecular formula is C31H33N3O5. The molecule has 1 N–H and O–H groups in total. The molecule has 3 aromatic rings. The van der Waals surface area contributed by atoms with E-state index in [0.29, 0.717) is 25.8 Å². The van der Waals surface area contributed by atoms with Crippen molar-refractivity contribution in [3.8, 4) is 5.75 Å². The highest BCUT2D eigenvalue weighted by Gasteiger charge is 2.48. The Kier molecular flexibility index (Phi) is 8.10. The maximum atomic E-state index is 13.8. The Morgan fingerprint density at radius 2 is 1.49 bits per heavy atom. The first-order valence-electron chi connectivity index (χ1n) is 13.4. The van der Waals surface area contributed by atoms with Crippen molar-refractivity contribution < 1.29 is 24.2 Å². The average Bonchev–Trinajstić information content (AvgIpc) is 2.96. The first kappa shape index (κ1) is 26.3. The maximum Gasteiger partial charge on any atom is 0.411 e. The van der Waals surface area contributed by atoms with Crippen molar-refractivity contribution in [2.24, 2.45) is 0 Å². The first-order chi connectivity index (χ1) is 19.0. The Morgan fingerprint density at radius 3 is 2.18 bits per heavy atom. The van der Waals surface area contributed by atoms with Crippen molar-refractivity contribution in [1.82, 2.24) is 14.7 Å². The topological polar surface area (TPSA) is 90.4 Å². The number of carbonyl (C=O) groups excluding carboxylic acids is 3. The van der Waals surface area contributed by atoms with Gasteiger partial charge in [0.05, 0.1) is 13.2 Å². The van der Waals surface area contributed by atoms with Crippen molar-refractivity contribution in [3.63, 3.8) is 0 Å². The Labute approximate surface area is 228 Å². The van der Waals surface area contributed by atoms with Gasteiger partial charge >= 0.3 is 6.09 Å². The molecule has 5 rings (SSSR count). The van der Waals surface area contributed by atoms with Gasteiger partial charge in [0.1, 0.15) is 18.0 Å². The molecule has 0 radical (unpaired) electrons. The summed E-state index contributed by atoms with van der Waals surface area (Å²) in [4.78, 5) is 45.2. The predicted octanol–water partition coefficient (Wildman–Crippen LogP) is 3.63. The van der Waals surface area contributed by atoms with E-state index >= 15 is 0 Å². The molecule has 2 heterocycles. The molecule has 2 aliphatic heterocycles. The smallest absolute Gasteiger partial charge is 0.411 e. The highest BCUT2D eigenvalue weighted by molar-refractivity contribution is 5.91. The van der Waals surface area contributed by atoms with E-state index in [1.165, 1.54) is 0 Å². The fraction of sp³-hybridized carbons (Fsp3) is 0.323. The van der Waals surface area contributed by atoms with Gasteiger partial charge in [-0.3, -0.25) is 14.5 Å². The van der Waals surface area contributed by atoms with E-state index in [2.05, 4.69) is 0 Å². The quantitative estimate of drug-likeness (QED) is 0.483. The summed E-state index contributed by atoms with van der Waals surface area (Å²) in [5.74, 6) is -0.0328. The number of hydrogen-bond acceptors (Lipinski definition) is 5. The molecule has 2 saturated heterocycles. The predicted molar refractivity (Wildman–Crippen MR) is 146 cm³/mol. The van der Waals surface area contributed by atoms with Crippen LogP contribution in [-0.2, 0) is 33.6 Å². The summed E-state index contributed by atoms with van der Waals surface area (Å²) in [5, 5.41) is 9.48. The molecule has 0 saturated carbocycles. The van der Waals surface area contributed by atoms with Crippen molar-refractivity contribution in [2.75, 3.05) is 26.2 Å². The molecule has 2 aliphatic rings. The van der Waals surface area contributed by atoms with E-state index in [1.807, 2.05) is 60.7 Å². The van der Waals surface area contributed by atoms with Gasteiger partial charge in [0.25, 0.3) is 0 Å². The molecule has 2 fully saturated rings. The fourth-order valence-corrected chi connectivity index (χ4v) is 5.34. The van der Waals surface area contributed by atoms with Crippen LogP contribution in [-0.4, -0.2) is 76.2 Å². The molecule has 0 spiro atoms. The van der Waals surface area contributed by atoms with Gasteiger partial charge in [0, 0.05) is 32.4 Å². The molecule has 8 nitrogen and oxygen atoms in total. The lowest BCUT2D eigenvalue weighted by Gasteiger charge is -2.52. The number of carbonyl (C=O) groups is 3. The van der Waals surface area contributed by atoms with Crippen molar-refractivity contribution in [2.45, 2.75) is 37.9 Å². The minimum Gasteiger partial charge on any atom is -0.508 e. The standard InChI is InChI=1S/C31H33N3O5/c35-26-13-11-24(12-14-26)17-20-39-31(38)33-19-16-29(36)34-27(21-25-9-5-2-6-10-25)30(37)32(22-28(33)34)18-15-23-7-3-1-4-8-23/h1-14,27-28,35H,15-22H2/t27-,28+/m0/s1.